The fourth-order valence-electron chi connectivity index (χ4n) is 4.53. The molecular formula is C28H33ClN2O5S2. The lowest BCUT2D eigenvalue weighted by Crippen LogP contribution is -2.48. The summed E-state index contributed by atoms with van der Waals surface area (Å²) in [7, 11) is -2.30. The number of ether oxygens (including phenoxy) is 2. The van der Waals surface area contributed by atoms with Crippen molar-refractivity contribution in [2.75, 3.05) is 40.0 Å². The zero-order valence-corrected chi connectivity index (χ0v) is 24.2. The number of aryl methyl sites for hydroxylation is 2. The molecule has 0 saturated carbocycles. The van der Waals surface area contributed by atoms with Crippen LogP contribution >= 0.6 is 22.9 Å². The van der Waals surface area contributed by atoms with Crippen LogP contribution in [0.3, 0.4) is 0 Å². The molecule has 0 radical (unpaired) electrons. The Hall–Kier alpha value is -2.43. The zero-order chi connectivity index (χ0) is 27.3. The van der Waals surface area contributed by atoms with Gasteiger partial charge in [0.2, 0.25) is 15.9 Å². The fourth-order valence-corrected chi connectivity index (χ4v) is 7.00. The van der Waals surface area contributed by atoms with E-state index in [2.05, 4.69) is 0 Å². The molecule has 1 atom stereocenters. The number of hydrogen-bond donors (Lipinski definition) is 0. The third-order valence-electron chi connectivity index (χ3n) is 6.68. The molecule has 7 nitrogen and oxygen atoms in total. The van der Waals surface area contributed by atoms with Crippen molar-refractivity contribution in [1.29, 1.82) is 0 Å². The number of amides is 1. The van der Waals surface area contributed by atoms with E-state index >= 15 is 0 Å². The maximum Gasteiger partial charge on any atom is 0.243 e. The van der Waals surface area contributed by atoms with Crippen LogP contribution in [0.2, 0.25) is 5.02 Å². The minimum absolute atomic E-state index is 0.171. The van der Waals surface area contributed by atoms with Crippen LogP contribution < -0.4 is 4.74 Å². The molecule has 2 heterocycles. The van der Waals surface area contributed by atoms with Gasteiger partial charge in [0.1, 0.15) is 12.4 Å². The van der Waals surface area contributed by atoms with Crippen LogP contribution in [0.15, 0.2) is 58.8 Å². The first-order chi connectivity index (χ1) is 18.2. The van der Waals surface area contributed by atoms with Gasteiger partial charge in [-0.2, -0.15) is 4.31 Å². The van der Waals surface area contributed by atoms with Crippen molar-refractivity contribution in [2.45, 2.75) is 37.6 Å². The normalized spacial score (nSPS) is 15.5. The van der Waals surface area contributed by atoms with E-state index in [9.17, 15) is 13.2 Å². The standard InChI is InChI=1S/C28H33ClN2O5S2/c1-20-5-8-23(9-6-20)38(33,34)30(13-4-15-35-3)18-28(32)31-14-11-27-24(12-16-37-27)26(31)19-36-22-7-10-25(29)21(2)17-22/h5-10,12,16-17,26H,4,11,13-15,18-19H2,1-3H3/t26-/m1/s1. The largest absolute Gasteiger partial charge is 0.491 e. The molecule has 0 N–H and O–H groups in total. The average Bonchev–Trinajstić information content (AvgIpc) is 3.38. The van der Waals surface area contributed by atoms with Crippen molar-refractivity contribution in [3.63, 3.8) is 0 Å². The molecule has 38 heavy (non-hydrogen) atoms. The van der Waals surface area contributed by atoms with Crippen LogP contribution in [-0.2, 0) is 26.0 Å². The second-order valence-corrected chi connectivity index (χ2v) is 12.7. The minimum atomic E-state index is -3.87. The van der Waals surface area contributed by atoms with Crippen molar-refractivity contribution in [1.82, 2.24) is 9.21 Å². The van der Waals surface area contributed by atoms with Gasteiger partial charge < -0.3 is 14.4 Å². The van der Waals surface area contributed by atoms with Crippen molar-refractivity contribution in [2.24, 2.45) is 0 Å². The Labute approximate surface area is 234 Å². The maximum atomic E-state index is 13.7. The van der Waals surface area contributed by atoms with Gasteiger partial charge in [0.15, 0.2) is 0 Å². The van der Waals surface area contributed by atoms with Gasteiger partial charge in [-0.25, -0.2) is 8.42 Å². The van der Waals surface area contributed by atoms with Gasteiger partial charge >= 0.3 is 0 Å². The van der Waals surface area contributed by atoms with E-state index < -0.39 is 10.0 Å². The summed E-state index contributed by atoms with van der Waals surface area (Å²) in [6.45, 7) is 4.89. The van der Waals surface area contributed by atoms with Crippen molar-refractivity contribution in [3.05, 3.63) is 80.5 Å². The van der Waals surface area contributed by atoms with Crippen molar-refractivity contribution >= 4 is 38.9 Å². The van der Waals surface area contributed by atoms with Gasteiger partial charge in [-0.05, 0) is 79.6 Å². The van der Waals surface area contributed by atoms with Gasteiger partial charge in [0.25, 0.3) is 0 Å². The molecule has 4 rings (SSSR count). The summed E-state index contributed by atoms with van der Waals surface area (Å²) in [5.41, 5.74) is 2.92. The van der Waals surface area contributed by atoms with E-state index in [4.69, 9.17) is 21.1 Å². The number of methoxy groups -OCH3 is 1. The molecule has 0 saturated heterocycles. The second kappa shape index (κ2) is 12.6. The number of carbonyl (C=O) groups is 1. The third-order valence-corrected chi connectivity index (χ3v) is 9.96. The number of thiophene rings is 1. The Morgan fingerprint density at radius 3 is 2.63 bits per heavy atom. The van der Waals surface area contributed by atoms with E-state index in [1.54, 1.807) is 53.7 Å². The van der Waals surface area contributed by atoms with Gasteiger partial charge in [0.05, 0.1) is 17.5 Å². The molecule has 10 heteroatoms. The summed E-state index contributed by atoms with van der Waals surface area (Å²) in [6, 6.07) is 13.9. The number of fused-ring (bicyclic) bond motifs is 1. The van der Waals surface area contributed by atoms with E-state index in [-0.39, 0.29) is 36.5 Å². The molecular weight excluding hydrogens is 544 g/mol. The quantitative estimate of drug-likeness (QED) is 0.291. The zero-order valence-electron chi connectivity index (χ0n) is 21.9. The van der Waals surface area contributed by atoms with Gasteiger partial charge in [-0.3, -0.25) is 4.79 Å². The molecule has 0 spiro atoms. The molecule has 1 aliphatic heterocycles. The summed E-state index contributed by atoms with van der Waals surface area (Å²) in [6.07, 6.45) is 1.20. The van der Waals surface area contributed by atoms with Crippen LogP contribution in [0.1, 0.15) is 34.0 Å². The first kappa shape index (κ1) is 28.6. The second-order valence-electron chi connectivity index (χ2n) is 9.37. The van der Waals surface area contributed by atoms with Crippen LogP contribution in [0.4, 0.5) is 0 Å². The highest BCUT2D eigenvalue weighted by atomic mass is 35.5. The van der Waals surface area contributed by atoms with Crippen LogP contribution in [0.5, 0.6) is 5.75 Å². The van der Waals surface area contributed by atoms with Crippen molar-refractivity contribution < 1.29 is 22.7 Å². The summed E-state index contributed by atoms with van der Waals surface area (Å²) in [5.74, 6) is 0.417. The Morgan fingerprint density at radius 1 is 1.16 bits per heavy atom. The van der Waals surface area contributed by atoms with Crippen LogP contribution in [-0.4, -0.2) is 63.5 Å². The molecule has 2 aromatic carbocycles. The molecule has 1 aromatic heterocycles. The molecule has 204 valence electrons. The predicted octanol–water partition coefficient (Wildman–Crippen LogP) is 5.25. The summed E-state index contributed by atoms with van der Waals surface area (Å²) in [4.78, 5) is 16.9. The summed E-state index contributed by atoms with van der Waals surface area (Å²) < 4.78 is 39.6. The SMILES string of the molecule is COCCCN(CC(=O)N1CCc2sccc2[C@H]1COc1ccc(Cl)c(C)c1)S(=O)(=O)c1ccc(C)cc1. The summed E-state index contributed by atoms with van der Waals surface area (Å²) >= 11 is 7.83. The highest BCUT2D eigenvalue weighted by molar-refractivity contribution is 7.89. The molecule has 0 unspecified atom stereocenters. The Morgan fingerprint density at radius 2 is 1.92 bits per heavy atom. The Balaban J connectivity index is 1.56. The van der Waals surface area contributed by atoms with Gasteiger partial charge in [-0.15, -0.1) is 11.3 Å². The average molecular weight is 577 g/mol. The third kappa shape index (κ3) is 6.58. The highest BCUT2D eigenvalue weighted by Crippen LogP contribution is 2.34. The molecule has 3 aromatic rings. The van der Waals surface area contributed by atoms with Gasteiger partial charge in [0, 0.05) is 36.7 Å². The smallest absolute Gasteiger partial charge is 0.243 e. The van der Waals surface area contributed by atoms with E-state index in [0.29, 0.717) is 30.3 Å². The molecule has 1 amide bonds. The number of halogens is 1. The first-order valence-corrected chi connectivity index (χ1v) is 15.2. The van der Waals surface area contributed by atoms with Crippen LogP contribution in [0.25, 0.3) is 0 Å². The van der Waals surface area contributed by atoms with E-state index in [1.165, 1.54) is 9.18 Å². The van der Waals surface area contributed by atoms with E-state index in [1.807, 2.05) is 37.4 Å². The molecule has 0 fully saturated rings. The molecule has 0 bridgehead atoms. The maximum absolute atomic E-state index is 13.7. The Kier molecular flexibility index (Phi) is 9.49. The molecule has 1 aliphatic rings. The number of hydrogen-bond acceptors (Lipinski definition) is 6. The highest BCUT2D eigenvalue weighted by Gasteiger charge is 2.35. The lowest BCUT2D eigenvalue weighted by atomic mass is 10.0. The number of rotatable bonds is 11. The number of nitrogens with zero attached hydrogens (tertiary/aromatic N) is 2. The Bertz CT molecular complexity index is 1360. The monoisotopic (exact) mass is 576 g/mol. The lowest BCUT2D eigenvalue weighted by Gasteiger charge is -2.37. The van der Waals surface area contributed by atoms with E-state index in [0.717, 1.165) is 23.1 Å². The van der Waals surface area contributed by atoms with Crippen LogP contribution in [0, 0.1) is 13.8 Å². The molecule has 0 aliphatic carbocycles. The number of benzene rings is 2. The summed E-state index contributed by atoms with van der Waals surface area (Å²) in [5, 5.41) is 2.69. The topological polar surface area (TPSA) is 76.2 Å². The minimum Gasteiger partial charge on any atom is -0.491 e. The number of sulfonamides is 1. The van der Waals surface area contributed by atoms with Crippen molar-refractivity contribution in [3.8, 4) is 5.75 Å². The fraction of sp³-hybridized carbons (Fsp3) is 0.393. The predicted molar refractivity (Wildman–Crippen MR) is 151 cm³/mol. The lowest BCUT2D eigenvalue weighted by molar-refractivity contribution is -0.135. The van der Waals surface area contributed by atoms with Gasteiger partial charge in [-0.1, -0.05) is 29.3 Å². The first-order valence-electron chi connectivity index (χ1n) is 12.5. The number of carbonyl (C=O) groups excluding carboxylic acids is 1.